The van der Waals surface area contributed by atoms with E-state index < -0.39 is 5.92 Å². The van der Waals surface area contributed by atoms with E-state index in [1.807, 2.05) is 6.92 Å². The highest BCUT2D eigenvalue weighted by Crippen LogP contribution is 2.39. The monoisotopic (exact) mass is 322 g/mol. The highest BCUT2D eigenvalue weighted by molar-refractivity contribution is 7.10. The third-order valence-electron chi connectivity index (χ3n) is 3.89. The normalized spacial score (nSPS) is 20.7. The summed E-state index contributed by atoms with van der Waals surface area (Å²) < 4.78 is 30.6. The van der Waals surface area contributed by atoms with E-state index in [2.05, 4.69) is 9.69 Å². The molecule has 1 unspecified atom stereocenters. The molecular formula is C16H16F2N2OS. The second-order valence-electron chi connectivity index (χ2n) is 5.85. The van der Waals surface area contributed by atoms with Crippen molar-refractivity contribution in [1.82, 2.24) is 4.37 Å². The Bertz CT molecular complexity index is 691. The molecule has 1 aromatic carbocycles. The smallest absolute Gasteiger partial charge is 0.270 e. The van der Waals surface area contributed by atoms with E-state index in [-0.39, 0.29) is 17.4 Å². The molecular weight excluding hydrogens is 306 g/mol. The van der Waals surface area contributed by atoms with Gasteiger partial charge in [-0.2, -0.15) is 4.37 Å². The zero-order valence-electron chi connectivity index (χ0n) is 12.3. The Labute approximate surface area is 131 Å². The Morgan fingerprint density at radius 2 is 2.00 bits per heavy atom. The molecule has 1 N–H and O–H groups in total. The van der Waals surface area contributed by atoms with Gasteiger partial charge >= 0.3 is 0 Å². The van der Waals surface area contributed by atoms with Gasteiger partial charge in [0.25, 0.3) is 5.92 Å². The lowest BCUT2D eigenvalue weighted by atomic mass is 10.1. The Morgan fingerprint density at radius 1 is 1.36 bits per heavy atom. The average molecular weight is 322 g/mol. The van der Waals surface area contributed by atoms with Gasteiger partial charge < -0.3 is 5.32 Å². The first-order valence-corrected chi connectivity index (χ1v) is 7.88. The van der Waals surface area contributed by atoms with Gasteiger partial charge in [0, 0.05) is 30.0 Å². The van der Waals surface area contributed by atoms with Crippen molar-refractivity contribution in [1.29, 1.82) is 0 Å². The molecule has 1 fully saturated rings. The summed E-state index contributed by atoms with van der Waals surface area (Å²) >= 11 is 1.20. The molecule has 0 bridgehead atoms. The van der Waals surface area contributed by atoms with E-state index >= 15 is 0 Å². The Hall–Kier alpha value is -1.82. The van der Waals surface area contributed by atoms with Crippen LogP contribution in [0.2, 0.25) is 0 Å². The van der Waals surface area contributed by atoms with Crippen molar-refractivity contribution in [3.8, 4) is 11.3 Å². The first-order chi connectivity index (χ1) is 10.3. The lowest BCUT2D eigenvalue weighted by molar-refractivity contribution is -0.117. The average Bonchev–Trinajstić information content (AvgIpc) is 3.02. The van der Waals surface area contributed by atoms with Gasteiger partial charge in [-0.25, -0.2) is 8.78 Å². The van der Waals surface area contributed by atoms with Crippen LogP contribution in [-0.2, 0) is 10.7 Å². The minimum absolute atomic E-state index is 0.0253. The van der Waals surface area contributed by atoms with E-state index in [0.29, 0.717) is 16.6 Å². The zero-order valence-corrected chi connectivity index (χ0v) is 13.1. The maximum atomic E-state index is 13.2. The van der Waals surface area contributed by atoms with Crippen molar-refractivity contribution in [3.63, 3.8) is 0 Å². The number of amides is 1. The van der Waals surface area contributed by atoms with Crippen LogP contribution in [0.4, 0.5) is 13.8 Å². The van der Waals surface area contributed by atoms with Crippen molar-refractivity contribution >= 4 is 22.4 Å². The molecule has 3 nitrogen and oxygen atoms in total. The molecule has 0 spiro atoms. The summed E-state index contributed by atoms with van der Waals surface area (Å²) in [6.45, 7) is 2.92. The lowest BCUT2D eigenvalue weighted by Crippen LogP contribution is -2.13. The number of nitrogens with zero attached hydrogens (tertiary/aromatic N) is 1. The number of carbonyl (C=O) groups is 1. The Kier molecular flexibility index (Phi) is 3.72. The van der Waals surface area contributed by atoms with Gasteiger partial charge in [0.15, 0.2) is 0 Å². The minimum Gasteiger partial charge on any atom is -0.316 e. The van der Waals surface area contributed by atoms with Crippen LogP contribution >= 0.6 is 11.5 Å². The van der Waals surface area contributed by atoms with Crippen molar-refractivity contribution in [2.75, 3.05) is 5.32 Å². The van der Waals surface area contributed by atoms with E-state index in [9.17, 15) is 13.6 Å². The SMILES string of the molecule is CC1C[C@H]1C(=O)Nc1cc(-c2ccc(C(C)(F)F)cc2)ns1. The van der Waals surface area contributed by atoms with Gasteiger partial charge in [0.2, 0.25) is 5.91 Å². The topological polar surface area (TPSA) is 42.0 Å². The molecule has 22 heavy (non-hydrogen) atoms. The van der Waals surface area contributed by atoms with E-state index in [0.717, 1.165) is 18.9 Å². The predicted molar refractivity (Wildman–Crippen MR) is 83.0 cm³/mol. The zero-order chi connectivity index (χ0) is 15.9. The van der Waals surface area contributed by atoms with Crippen LogP contribution in [0.15, 0.2) is 30.3 Å². The molecule has 1 heterocycles. The van der Waals surface area contributed by atoms with Crippen molar-refractivity contribution < 1.29 is 13.6 Å². The van der Waals surface area contributed by atoms with E-state index in [1.165, 1.54) is 23.7 Å². The van der Waals surface area contributed by atoms with Crippen LogP contribution in [0, 0.1) is 11.8 Å². The van der Waals surface area contributed by atoms with Crippen LogP contribution in [0.3, 0.4) is 0 Å². The van der Waals surface area contributed by atoms with Crippen molar-refractivity contribution in [2.45, 2.75) is 26.2 Å². The quantitative estimate of drug-likeness (QED) is 0.899. The number of alkyl halides is 2. The Morgan fingerprint density at radius 3 is 2.55 bits per heavy atom. The molecule has 0 radical (unpaired) electrons. The van der Waals surface area contributed by atoms with Crippen molar-refractivity contribution in [3.05, 3.63) is 35.9 Å². The van der Waals surface area contributed by atoms with E-state index in [4.69, 9.17) is 0 Å². The fraction of sp³-hybridized carbons (Fsp3) is 0.375. The number of carbonyl (C=O) groups excluding carboxylic acids is 1. The summed E-state index contributed by atoms with van der Waals surface area (Å²) in [5.74, 6) is -2.25. The number of rotatable bonds is 4. The van der Waals surface area contributed by atoms with Gasteiger partial charge in [0.1, 0.15) is 5.00 Å². The summed E-state index contributed by atoms with van der Waals surface area (Å²) in [5.41, 5.74) is 1.40. The fourth-order valence-corrected chi connectivity index (χ4v) is 2.97. The molecule has 1 saturated carbocycles. The molecule has 6 heteroatoms. The molecule has 1 aliphatic carbocycles. The number of hydrogen-bond donors (Lipinski definition) is 1. The number of benzene rings is 1. The molecule has 0 aliphatic heterocycles. The summed E-state index contributed by atoms with van der Waals surface area (Å²) in [6, 6.07) is 7.82. The largest absolute Gasteiger partial charge is 0.316 e. The first kappa shape index (κ1) is 15.1. The highest BCUT2D eigenvalue weighted by atomic mass is 32.1. The molecule has 1 aliphatic rings. The summed E-state index contributed by atoms with van der Waals surface area (Å²) in [4.78, 5) is 11.9. The second kappa shape index (κ2) is 5.43. The second-order valence-corrected chi connectivity index (χ2v) is 6.66. The van der Waals surface area contributed by atoms with Crippen LogP contribution in [-0.4, -0.2) is 10.3 Å². The number of anilines is 1. The first-order valence-electron chi connectivity index (χ1n) is 7.11. The molecule has 1 amide bonds. The van der Waals surface area contributed by atoms with Gasteiger partial charge in [0.05, 0.1) is 5.69 Å². The number of aromatic nitrogens is 1. The van der Waals surface area contributed by atoms with E-state index in [1.54, 1.807) is 18.2 Å². The van der Waals surface area contributed by atoms with Crippen LogP contribution in [0.25, 0.3) is 11.3 Å². The highest BCUT2D eigenvalue weighted by Gasteiger charge is 2.39. The van der Waals surface area contributed by atoms with Gasteiger partial charge in [-0.1, -0.05) is 31.2 Å². The molecule has 2 aromatic rings. The minimum atomic E-state index is -2.85. The standard InChI is InChI=1S/C16H16F2N2OS/c1-9-7-12(9)15(21)19-14-8-13(20-22-14)10-3-5-11(6-4-10)16(2,17)18/h3-6,8-9,12H,7H2,1-2H3,(H,19,21)/t9?,12-/m1/s1. The third kappa shape index (κ3) is 3.16. The molecule has 2 atom stereocenters. The van der Waals surface area contributed by atoms with Crippen molar-refractivity contribution in [2.24, 2.45) is 11.8 Å². The molecule has 116 valence electrons. The van der Waals surface area contributed by atoms with Crippen LogP contribution in [0.1, 0.15) is 25.8 Å². The maximum absolute atomic E-state index is 13.2. The lowest BCUT2D eigenvalue weighted by Gasteiger charge is -2.10. The summed E-state index contributed by atoms with van der Waals surface area (Å²) in [6.07, 6.45) is 0.935. The Balaban J connectivity index is 1.72. The molecule has 0 saturated heterocycles. The fourth-order valence-electron chi connectivity index (χ4n) is 2.31. The van der Waals surface area contributed by atoms with Gasteiger partial charge in [-0.15, -0.1) is 0 Å². The summed E-state index contributed by atoms with van der Waals surface area (Å²) in [7, 11) is 0. The van der Waals surface area contributed by atoms with Crippen LogP contribution in [0.5, 0.6) is 0 Å². The van der Waals surface area contributed by atoms with Gasteiger partial charge in [-0.05, 0) is 23.9 Å². The maximum Gasteiger partial charge on any atom is 0.270 e. The predicted octanol–water partition coefficient (Wildman–Crippen LogP) is 4.52. The third-order valence-corrected chi connectivity index (χ3v) is 4.59. The number of hydrogen-bond acceptors (Lipinski definition) is 3. The summed E-state index contributed by atoms with van der Waals surface area (Å²) in [5, 5.41) is 3.54. The molecule has 1 aromatic heterocycles. The van der Waals surface area contributed by atoms with Crippen LogP contribution < -0.4 is 5.32 Å². The number of halogens is 2. The van der Waals surface area contributed by atoms with Gasteiger partial charge in [-0.3, -0.25) is 4.79 Å². The molecule has 3 rings (SSSR count). The number of nitrogens with one attached hydrogen (secondary N) is 1.